The van der Waals surface area contributed by atoms with Crippen LogP contribution in [0.25, 0.3) is 11.3 Å². The van der Waals surface area contributed by atoms with Gasteiger partial charge in [-0.2, -0.15) is 0 Å². The van der Waals surface area contributed by atoms with Gasteiger partial charge in [-0.05, 0) is 56.7 Å². The van der Waals surface area contributed by atoms with E-state index in [-0.39, 0.29) is 11.8 Å². The fraction of sp³-hybridized carbons (Fsp3) is 0.522. The second-order valence-corrected chi connectivity index (χ2v) is 8.87. The Bertz CT molecular complexity index is 895. The number of hydrogen-bond donors (Lipinski definition) is 3. The molecule has 31 heavy (non-hydrogen) atoms. The third-order valence-electron chi connectivity index (χ3n) is 6.08. The van der Waals surface area contributed by atoms with Crippen molar-refractivity contribution in [1.29, 1.82) is 0 Å². The molecule has 0 saturated carbocycles. The number of aromatic nitrogens is 2. The van der Waals surface area contributed by atoms with Gasteiger partial charge in [-0.3, -0.25) is 4.79 Å². The standard InChI is InChI=1S/C23H30ClN5O2/c1-15-5-6-17(13-25-15)23(30)29-22-11-18(19(24)14-27-22)20-3-2-4-21(28-20)26-12-16-7-9-31-10-8-16/h2-4,11,14-17,25H,5-10,12-13H2,1H3,(H,26,28)(H,27,29,30)/t15-,17-/m0/s1. The molecule has 3 N–H and O–H groups in total. The first-order valence-electron chi connectivity index (χ1n) is 11.1. The lowest BCUT2D eigenvalue weighted by Gasteiger charge is -2.26. The molecule has 8 heteroatoms. The van der Waals surface area contributed by atoms with E-state index in [4.69, 9.17) is 21.3 Å². The Labute approximate surface area is 188 Å². The van der Waals surface area contributed by atoms with Gasteiger partial charge in [0, 0.05) is 44.1 Å². The Hall–Kier alpha value is -2.22. The average molecular weight is 444 g/mol. The smallest absolute Gasteiger partial charge is 0.229 e. The summed E-state index contributed by atoms with van der Waals surface area (Å²) in [5.74, 6) is 1.84. The summed E-state index contributed by atoms with van der Waals surface area (Å²) in [4.78, 5) is 21.7. The molecule has 0 aliphatic carbocycles. The molecule has 2 aliphatic heterocycles. The van der Waals surface area contributed by atoms with E-state index in [2.05, 4.69) is 27.9 Å². The van der Waals surface area contributed by atoms with Crippen molar-refractivity contribution in [2.24, 2.45) is 11.8 Å². The number of carbonyl (C=O) groups is 1. The van der Waals surface area contributed by atoms with Crippen LogP contribution in [0.1, 0.15) is 32.6 Å². The number of piperidine rings is 1. The summed E-state index contributed by atoms with van der Waals surface area (Å²) in [5.41, 5.74) is 1.49. The molecular formula is C23H30ClN5O2. The van der Waals surface area contributed by atoms with Crippen molar-refractivity contribution in [3.63, 3.8) is 0 Å². The summed E-state index contributed by atoms with van der Waals surface area (Å²) in [6.07, 6.45) is 5.58. The molecule has 0 spiro atoms. The van der Waals surface area contributed by atoms with Gasteiger partial charge >= 0.3 is 0 Å². The van der Waals surface area contributed by atoms with E-state index in [9.17, 15) is 4.79 Å². The molecule has 2 atom stereocenters. The zero-order valence-electron chi connectivity index (χ0n) is 17.9. The van der Waals surface area contributed by atoms with Gasteiger partial charge in [0.2, 0.25) is 5.91 Å². The van der Waals surface area contributed by atoms with Gasteiger partial charge in [0.15, 0.2) is 0 Å². The predicted octanol–water partition coefficient (Wildman–Crippen LogP) is 3.96. The Morgan fingerprint density at radius 2 is 2.06 bits per heavy atom. The van der Waals surface area contributed by atoms with Gasteiger partial charge in [-0.1, -0.05) is 17.7 Å². The van der Waals surface area contributed by atoms with E-state index in [0.29, 0.717) is 29.3 Å². The van der Waals surface area contributed by atoms with E-state index in [0.717, 1.165) is 62.5 Å². The Kier molecular flexibility index (Phi) is 7.37. The maximum absolute atomic E-state index is 12.6. The molecule has 4 rings (SSSR count). The van der Waals surface area contributed by atoms with Crippen LogP contribution in [-0.2, 0) is 9.53 Å². The van der Waals surface area contributed by atoms with Crippen molar-refractivity contribution in [2.45, 2.75) is 38.6 Å². The number of pyridine rings is 2. The highest BCUT2D eigenvalue weighted by atomic mass is 35.5. The van der Waals surface area contributed by atoms with Gasteiger partial charge in [0.05, 0.1) is 16.6 Å². The molecule has 0 unspecified atom stereocenters. The molecule has 2 saturated heterocycles. The van der Waals surface area contributed by atoms with Gasteiger partial charge in [-0.25, -0.2) is 9.97 Å². The van der Waals surface area contributed by atoms with E-state index in [1.807, 2.05) is 18.2 Å². The van der Waals surface area contributed by atoms with Crippen LogP contribution in [0.2, 0.25) is 5.02 Å². The van der Waals surface area contributed by atoms with Crippen molar-refractivity contribution in [3.8, 4) is 11.3 Å². The fourth-order valence-corrected chi connectivity index (χ4v) is 4.24. The molecule has 4 heterocycles. The highest BCUT2D eigenvalue weighted by Gasteiger charge is 2.24. The molecule has 2 aliphatic rings. The third kappa shape index (κ3) is 5.93. The minimum atomic E-state index is -0.0482. The van der Waals surface area contributed by atoms with Crippen LogP contribution in [0.15, 0.2) is 30.5 Å². The monoisotopic (exact) mass is 443 g/mol. The zero-order chi connectivity index (χ0) is 21.6. The normalized spacial score (nSPS) is 22.1. The molecule has 0 bridgehead atoms. The van der Waals surface area contributed by atoms with Crippen molar-refractivity contribution in [3.05, 3.63) is 35.5 Å². The summed E-state index contributed by atoms with van der Waals surface area (Å²) in [7, 11) is 0. The lowest BCUT2D eigenvalue weighted by molar-refractivity contribution is -0.120. The lowest BCUT2D eigenvalue weighted by atomic mass is 9.95. The van der Waals surface area contributed by atoms with Crippen LogP contribution in [-0.4, -0.2) is 48.2 Å². The van der Waals surface area contributed by atoms with E-state index >= 15 is 0 Å². The number of halogens is 1. The van der Waals surface area contributed by atoms with Crippen LogP contribution in [0.3, 0.4) is 0 Å². The Morgan fingerprint density at radius 3 is 2.84 bits per heavy atom. The number of amides is 1. The average Bonchev–Trinajstić information content (AvgIpc) is 2.80. The molecule has 0 radical (unpaired) electrons. The molecule has 2 aromatic heterocycles. The molecule has 7 nitrogen and oxygen atoms in total. The van der Waals surface area contributed by atoms with Crippen LogP contribution in [0.4, 0.5) is 11.6 Å². The second kappa shape index (κ2) is 10.4. The zero-order valence-corrected chi connectivity index (χ0v) is 18.6. The number of ether oxygens (including phenoxy) is 1. The number of nitrogens with one attached hydrogen (secondary N) is 3. The maximum atomic E-state index is 12.6. The maximum Gasteiger partial charge on any atom is 0.229 e. The number of rotatable bonds is 6. The first-order chi connectivity index (χ1) is 15.1. The molecule has 2 fully saturated rings. The van der Waals surface area contributed by atoms with E-state index in [1.165, 1.54) is 0 Å². The third-order valence-corrected chi connectivity index (χ3v) is 6.38. The number of carbonyl (C=O) groups excluding carboxylic acids is 1. The van der Waals surface area contributed by atoms with Crippen molar-refractivity contribution in [2.75, 3.05) is 36.9 Å². The molecule has 1 amide bonds. The first-order valence-corrected chi connectivity index (χ1v) is 11.4. The highest BCUT2D eigenvalue weighted by molar-refractivity contribution is 6.33. The van der Waals surface area contributed by atoms with E-state index in [1.54, 1.807) is 12.3 Å². The van der Waals surface area contributed by atoms with Gasteiger partial charge < -0.3 is 20.7 Å². The summed E-state index contributed by atoms with van der Waals surface area (Å²) in [6.45, 7) is 5.36. The van der Waals surface area contributed by atoms with Crippen molar-refractivity contribution < 1.29 is 9.53 Å². The summed E-state index contributed by atoms with van der Waals surface area (Å²) in [5, 5.41) is 10.2. The predicted molar refractivity (Wildman–Crippen MR) is 123 cm³/mol. The van der Waals surface area contributed by atoms with Crippen LogP contribution in [0, 0.1) is 11.8 Å². The van der Waals surface area contributed by atoms with Gasteiger partial charge in [0.1, 0.15) is 11.6 Å². The molecule has 2 aromatic rings. The Balaban J connectivity index is 1.43. The molecule has 166 valence electrons. The van der Waals surface area contributed by atoms with Crippen molar-refractivity contribution >= 4 is 29.1 Å². The topological polar surface area (TPSA) is 88.2 Å². The van der Waals surface area contributed by atoms with Gasteiger partial charge in [-0.15, -0.1) is 0 Å². The van der Waals surface area contributed by atoms with Crippen LogP contribution < -0.4 is 16.0 Å². The molecule has 0 aromatic carbocycles. The minimum absolute atomic E-state index is 0.0139. The fourth-order valence-electron chi connectivity index (χ4n) is 4.04. The van der Waals surface area contributed by atoms with Crippen molar-refractivity contribution in [1.82, 2.24) is 15.3 Å². The van der Waals surface area contributed by atoms with Crippen LogP contribution in [0.5, 0.6) is 0 Å². The number of nitrogens with zero attached hydrogens (tertiary/aromatic N) is 2. The van der Waals surface area contributed by atoms with Crippen LogP contribution >= 0.6 is 11.6 Å². The summed E-state index contributed by atoms with van der Waals surface area (Å²) >= 11 is 6.42. The molecular weight excluding hydrogens is 414 g/mol. The quantitative estimate of drug-likeness (QED) is 0.626. The second-order valence-electron chi connectivity index (χ2n) is 8.47. The highest BCUT2D eigenvalue weighted by Crippen LogP contribution is 2.29. The first kappa shape index (κ1) is 22.0. The van der Waals surface area contributed by atoms with Gasteiger partial charge in [0.25, 0.3) is 0 Å². The number of anilines is 2. The SMILES string of the molecule is C[C@H]1CC[C@H](C(=O)Nc2cc(-c3cccc(NCC4CCOCC4)n3)c(Cl)cn2)CN1. The summed E-state index contributed by atoms with van der Waals surface area (Å²) < 4.78 is 5.43. The summed E-state index contributed by atoms with van der Waals surface area (Å²) in [6, 6.07) is 8.08. The van der Waals surface area contributed by atoms with E-state index < -0.39 is 0 Å². The lowest BCUT2D eigenvalue weighted by Crippen LogP contribution is -2.41. The number of hydrogen-bond acceptors (Lipinski definition) is 6. The minimum Gasteiger partial charge on any atom is -0.381 e. The largest absolute Gasteiger partial charge is 0.381 e. The Morgan fingerprint density at radius 1 is 1.23 bits per heavy atom.